The van der Waals surface area contributed by atoms with Crippen molar-refractivity contribution in [3.8, 4) is 0 Å². The van der Waals surface area contributed by atoms with E-state index in [0.29, 0.717) is 11.8 Å². The Morgan fingerprint density at radius 1 is 1.04 bits per heavy atom. The molecule has 0 bridgehead atoms. The number of hydrogen-bond acceptors (Lipinski definition) is 4. The molecular formula is C20H33N5O. The molecule has 0 radical (unpaired) electrons. The van der Waals surface area contributed by atoms with Gasteiger partial charge in [0.2, 0.25) is 5.91 Å². The number of carbonyl (C=O) groups excluding carboxylic acids is 1. The lowest BCUT2D eigenvalue weighted by Crippen LogP contribution is -2.38. The summed E-state index contributed by atoms with van der Waals surface area (Å²) in [5.41, 5.74) is 0. The molecule has 1 amide bonds. The minimum Gasteiger partial charge on any atom is -0.343 e. The van der Waals surface area contributed by atoms with Crippen LogP contribution in [0.15, 0.2) is 0 Å². The molecule has 1 saturated carbocycles. The van der Waals surface area contributed by atoms with Crippen molar-refractivity contribution in [2.45, 2.75) is 77.3 Å². The van der Waals surface area contributed by atoms with Crippen LogP contribution >= 0.6 is 0 Å². The Hall–Kier alpha value is -1.43. The van der Waals surface area contributed by atoms with Crippen LogP contribution in [0.1, 0.15) is 75.9 Å². The van der Waals surface area contributed by atoms with Gasteiger partial charge in [-0.1, -0.05) is 12.8 Å². The zero-order valence-electron chi connectivity index (χ0n) is 16.2. The van der Waals surface area contributed by atoms with Gasteiger partial charge >= 0.3 is 0 Å². The van der Waals surface area contributed by atoms with E-state index in [1.165, 1.54) is 38.8 Å². The van der Waals surface area contributed by atoms with E-state index in [1.807, 2.05) is 0 Å². The highest BCUT2D eigenvalue weighted by molar-refractivity contribution is 5.76. The molecule has 26 heavy (non-hydrogen) atoms. The molecule has 1 aromatic heterocycles. The highest BCUT2D eigenvalue weighted by Crippen LogP contribution is 2.34. The number of amides is 1. The Labute approximate surface area is 156 Å². The first kappa shape index (κ1) is 18.0. The molecule has 6 heteroatoms. The highest BCUT2D eigenvalue weighted by atomic mass is 16.2. The first-order chi connectivity index (χ1) is 12.7. The summed E-state index contributed by atoms with van der Waals surface area (Å²) in [5.74, 6) is 3.91. The summed E-state index contributed by atoms with van der Waals surface area (Å²) in [5, 5.41) is 9.10. The minimum absolute atomic E-state index is 0.363. The van der Waals surface area contributed by atoms with E-state index in [0.717, 1.165) is 69.4 Å². The van der Waals surface area contributed by atoms with Crippen LogP contribution in [0.3, 0.4) is 0 Å². The fourth-order valence-electron chi connectivity index (χ4n) is 4.53. The number of piperidine rings is 1. The lowest BCUT2D eigenvalue weighted by atomic mass is 9.95. The molecule has 2 saturated heterocycles. The van der Waals surface area contributed by atoms with Gasteiger partial charge in [-0.3, -0.25) is 9.69 Å². The molecule has 6 nitrogen and oxygen atoms in total. The van der Waals surface area contributed by atoms with Crippen molar-refractivity contribution in [2.24, 2.45) is 5.92 Å². The average molecular weight is 360 g/mol. The van der Waals surface area contributed by atoms with Gasteiger partial charge in [0.05, 0.1) is 6.54 Å². The van der Waals surface area contributed by atoms with Gasteiger partial charge in [0.15, 0.2) is 0 Å². The third-order valence-corrected chi connectivity index (χ3v) is 6.41. The van der Waals surface area contributed by atoms with Crippen LogP contribution in [0.25, 0.3) is 0 Å². The summed E-state index contributed by atoms with van der Waals surface area (Å²) in [4.78, 5) is 16.9. The van der Waals surface area contributed by atoms with Gasteiger partial charge in [-0.05, 0) is 58.0 Å². The topological polar surface area (TPSA) is 54.3 Å². The van der Waals surface area contributed by atoms with Crippen LogP contribution in [0, 0.1) is 5.92 Å². The number of rotatable bonds is 7. The Bertz CT molecular complexity index is 610. The van der Waals surface area contributed by atoms with Crippen molar-refractivity contribution in [2.75, 3.05) is 26.2 Å². The second-order valence-corrected chi connectivity index (χ2v) is 8.34. The molecule has 0 unspecified atom stereocenters. The summed E-state index contributed by atoms with van der Waals surface area (Å²) in [6.45, 7) is 8.20. The average Bonchev–Trinajstić information content (AvgIpc) is 3.19. The largest absolute Gasteiger partial charge is 0.343 e. The lowest BCUT2D eigenvalue weighted by molar-refractivity contribution is -0.132. The maximum Gasteiger partial charge on any atom is 0.222 e. The van der Waals surface area contributed by atoms with E-state index in [9.17, 15) is 4.79 Å². The Morgan fingerprint density at radius 2 is 1.77 bits per heavy atom. The highest BCUT2D eigenvalue weighted by Gasteiger charge is 2.29. The zero-order chi connectivity index (χ0) is 17.9. The van der Waals surface area contributed by atoms with Crippen LogP contribution in [-0.4, -0.2) is 56.7 Å². The van der Waals surface area contributed by atoms with E-state index < -0.39 is 0 Å². The van der Waals surface area contributed by atoms with Crippen LogP contribution < -0.4 is 0 Å². The molecule has 4 rings (SSSR count). The van der Waals surface area contributed by atoms with Crippen molar-refractivity contribution >= 4 is 5.91 Å². The Kier molecular flexibility index (Phi) is 5.57. The predicted octanol–water partition coefficient (Wildman–Crippen LogP) is 2.79. The number of carbonyl (C=O) groups is 1. The van der Waals surface area contributed by atoms with Crippen LogP contribution in [0.2, 0.25) is 0 Å². The summed E-state index contributed by atoms with van der Waals surface area (Å²) in [6.07, 6.45) is 9.18. The van der Waals surface area contributed by atoms with Gasteiger partial charge in [-0.15, -0.1) is 10.2 Å². The Morgan fingerprint density at radius 3 is 2.42 bits per heavy atom. The molecule has 1 aromatic rings. The first-order valence-electron chi connectivity index (χ1n) is 10.7. The summed E-state index contributed by atoms with van der Waals surface area (Å²) in [6, 6.07) is 0. The predicted molar refractivity (Wildman–Crippen MR) is 101 cm³/mol. The Balaban J connectivity index is 1.33. The molecule has 144 valence electrons. The number of aromatic nitrogens is 3. The molecule has 3 fully saturated rings. The van der Waals surface area contributed by atoms with Crippen molar-refractivity contribution in [3.63, 3.8) is 0 Å². The molecule has 2 aliphatic heterocycles. The fourth-order valence-corrected chi connectivity index (χ4v) is 4.53. The molecule has 3 aliphatic rings. The fraction of sp³-hybridized carbons (Fsp3) is 0.850. The van der Waals surface area contributed by atoms with E-state index in [2.05, 4.69) is 31.5 Å². The van der Waals surface area contributed by atoms with Gasteiger partial charge in [0.1, 0.15) is 11.6 Å². The molecule has 0 spiro atoms. The molecule has 0 atom stereocenters. The lowest BCUT2D eigenvalue weighted by Gasteiger charge is -2.32. The summed E-state index contributed by atoms with van der Waals surface area (Å²) < 4.78 is 2.33. The molecule has 0 aromatic carbocycles. The van der Waals surface area contributed by atoms with Gasteiger partial charge in [0.25, 0.3) is 0 Å². The summed E-state index contributed by atoms with van der Waals surface area (Å²) in [7, 11) is 0. The second-order valence-electron chi connectivity index (χ2n) is 8.34. The van der Waals surface area contributed by atoms with Crippen molar-refractivity contribution in [1.82, 2.24) is 24.6 Å². The molecule has 1 aliphatic carbocycles. The van der Waals surface area contributed by atoms with Gasteiger partial charge in [-0.2, -0.15) is 0 Å². The maximum atomic E-state index is 12.4. The smallest absolute Gasteiger partial charge is 0.222 e. The van der Waals surface area contributed by atoms with Gasteiger partial charge < -0.3 is 9.47 Å². The van der Waals surface area contributed by atoms with Crippen LogP contribution in [0.4, 0.5) is 0 Å². The SMILES string of the molecule is CCn1c(CN2CCCC2)nnc1C1CCN(C(=O)CCC2CC2)CC1. The van der Waals surface area contributed by atoms with Gasteiger partial charge in [-0.25, -0.2) is 0 Å². The zero-order valence-corrected chi connectivity index (χ0v) is 16.2. The molecular weight excluding hydrogens is 326 g/mol. The van der Waals surface area contributed by atoms with E-state index in [4.69, 9.17) is 0 Å². The van der Waals surface area contributed by atoms with E-state index in [-0.39, 0.29) is 0 Å². The summed E-state index contributed by atoms with van der Waals surface area (Å²) >= 11 is 0. The third kappa shape index (κ3) is 4.11. The number of likely N-dealkylation sites (tertiary alicyclic amines) is 2. The normalized spacial score (nSPS) is 22.3. The van der Waals surface area contributed by atoms with Gasteiger partial charge in [0, 0.05) is 32.0 Å². The van der Waals surface area contributed by atoms with E-state index >= 15 is 0 Å². The molecule has 3 heterocycles. The monoisotopic (exact) mass is 359 g/mol. The standard InChI is InChI=1S/C20H33N5O/c1-2-25-18(15-23-11-3-4-12-23)21-22-20(25)17-9-13-24(14-10-17)19(26)8-7-16-5-6-16/h16-17H,2-15H2,1H3. The second kappa shape index (κ2) is 8.07. The number of hydrogen-bond donors (Lipinski definition) is 0. The van der Waals surface area contributed by atoms with Crippen LogP contribution in [-0.2, 0) is 17.9 Å². The molecule has 0 N–H and O–H groups in total. The van der Waals surface area contributed by atoms with Crippen molar-refractivity contribution in [3.05, 3.63) is 11.6 Å². The number of nitrogens with zero attached hydrogens (tertiary/aromatic N) is 5. The quantitative estimate of drug-likeness (QED) is 0.751. The van der Waals surface area contributed by atoms with Crippen molar-refractivity contribution < 1.29 is 4.79 Å². The van der Waals surface area contributed by atoms with Crippen LogP contribution in [0.5, 0.6) is 0 Å². The minimum atomic E-state index is 0.363. The third-order valence-electron chi connectivity index (χ3n) is 6.41. The van der Waals surface area contributed by atoms with E-state index in [1.54, 1.807) is 0 Å². The maximum absolute atomic E-state index is 12.4. The van der Waals surface area contributed by atoms with Crippen molar-refractivity contribution in [1.29, 1.82) is 0 Å². The first-order valence-corrected chi connectivity index (χ1v) is 10.7.